The summed E-state index contributed by atoms with van der Waals surface area (Å²) in [6.07, 6.45) is 9.31. The van der Waals surface area contributed by atoms with Crippen LogP contribution >= 0.6 is 0 Å². The lowest BCUT2D eigenvalue weighted by atomic mass is 9.49. The van der Waals surface area contributed by atoms with Crippen LogP contribution in [-0.2, 0) is 44.5 Å². The average molecular weight is 641 g/mol. The van der Waals surface area contributed by atoms with Crippen LogP contribution in [0.2, 0.25) is 0 Å². The molecule has 0 heterocycles. The molecule has 0 radical (unpaired) electrons. The first-order chi connectivity index (χ1) is 22.1. The molecular weight excluding hydrogens is 584 g/mol. The molecule has 0 spiro atoms. The number of benzene rings is 2. The maximum Gasteiger partial charge on any atom is 0.232 e. The number of aryl methyl sites for hydroxylation is 2. The zero-order chi connectivity index (χ0) is 33.9. The van der Waals surface area contributed by atoms with E-state index in [1.54, 1.807) is 6.07 Å². The molecule has 0 aliphatic heterocycles. The fourth-order valence-corrected chi connectivity index (χ4v) is 10.9. The summed E-state index contributed by atoms with van der Waals surface area (Å²) < 4.78 is 0. The van der Waals surface area contributed by atoms with Gasteiger partial charge in [-0.15, -0.1) is 0 Å². The lowest BCUT2D eigenvalue weighted by molar-refractivity contribution is -0.150. The van der Waals surface area contributed by atoms with Crippen LogP contribution < -0.4 is 10.6 Å². The first kappa shape index (κ1) is 33.9. The highest BCUT2D eigenvalue weighted by atomic mass is 16.3. The summed E-state index contributed by atoms with van der Waals surface area (Å²) in [6, 6.07) is 12.3. The van der Waals surface area contributed by atoms with E-state index in [0.29, 0.717) is 6.42 Å². The number of hydrogen-bond donors (Lipinski definition) is 3. The van der Waals surface area contributed by atoms with E-state index < -0.39 is 10.8 Å². The second kappa shape index (κ2) is 12.2. The number of hydrogen-bond acceptors (Lipinski definition) is 5. The number of amides is 2. The second-order valence-corrected chi connectivity index (χ2v) is 16.9. The van der Waals surface area contributed by atoms with Crippen LogP contribution in [0.15, 0.2) is 36.4 Å². The van der Waals surface area contributed by atoms with E-state index in [2.05, 4.69) is 70.4 Å². The molecule has 4 aliphatic rings. The van der Waals surface area contributed by atoms with Gasteiger partial charge in [0.25, 0.3) is 0 Å². The molecule has 7 atom stereocenters. The SMILES string of the molecule is CC(C)N[C@@H](C)C(=O)Cc1ccc2c(c1)[C@@]1(C)CCC[C@](C)(C(=O)NC(=O)[C@@]3(C)CCC[C@]4(C)c5cc(O)ccc5CC[C@@H]34)[C@@H]1CC2. The molecule has 2 saturated carbocycles. The van der Waals surface area contributed by atoms with E-state index >= 15 is 0 Å². The molecular formula is C41H56N2O4. The van der Waals surface area contributed by atoms with Crippen LogP contribution in [0.5, 0.6) is 5.75 Å². The smallest absolute Gasteiger partial charge is 0.232 e. The summed E-state index contributed by atoms with van der Waals surface area (Å²) in [5.74, 6) is 0.409. The van der Waals surface area contributed by atoms with Crippen molar-refractivity contribution in [3.8, 4) is 5.75 Å². The minimum atomic E-state index is -0.666. The molecule has 0 bridgehead atoms. The first-order valence-electron chi connectivity index (χ1n) is 18.2. The number of nitrogens with one attached hydrogen (secondary N) is 2. The van der Waals surface area contributed by atoms with Gasteiger partial charge in [0.15, 0.2) is 5.78 Å². The molecule has 2 fully saturated rings. The number of carbonyl (C=O) groups excluding carboxylic acids is 3. The van der Waals surface area contributed by atoms with E-state index in [1.807, 2.05) is 19.1 Å². The van der Waals surface area contributed by atoms with Crippen LogP contribution in [0.4, 0.5) is 0 Å². The number of phenols is 1. The monoisotopic (exact) mass is 640 g/mol. The quantitative estimate of drug-likeness (QED) is 0.277. The fourth-order valence-electron chi connectivity index (χ4n) is 10.9. The Morgan fingerprint density at radius 1 is 0.766 bits per heavy atom. The van der Waals surface area contributed by atoms with E-state index in [4.69, 9.17) is 0 Å². The lowest BCUT2D eigenvalue weighted by Crippen LogP contribution is -2.60. The van der Waals surface area contributed by atoms with E-state index in [-0.39, 0.29) is 58.1 Å². The largest absolute Gasteiger partial charge is 0.508 e. The van der Waals surface area contributed by atoms with Crippen molar-refractivity contribution in [2.75, 3.05) is 0 Å². The van der Waals surface area contributed by atoms with Gasteiger partial charge in [-0.2, -0.15) is 0 Å². The minimum Gasteiger partial charge on any atom is -0.508 e. The molecule has 2 amide bonds. The average Bonchev–Trinajstić information content (AvgIpc) is 3.01. The molecule has 2 aromatic carbocycles. The third kappa shape index (κ3) is 5.66. The van der Waals surface area contributed by atoms with Crippen molar-refractivity contribution in [3.05, 3.63) is 64.2 Å². The van der Waals surface area contributed by atoms with Gasteiger partial charge in [-0.1, -0.05) is 78.6 Å². The minimum absolute atomic E-state index is 0.0939. The Balaban J connectivity index is 1.23. The first-order valence-corrected chi connectivity index (χ1v) is 18.2. The third-order valence-electron chi connectivity index (χ3n) is 13.5. The number of ketones is 1. The van der Waals surface area contributed by atoms with Gasteiger partial charge in [0.05, 0.1) is 16.9 Å². The van der Waals surface area contributed by atoms with Gasteiger partial charge < -0.3 is 10.4 Å². The van der Waals surface area contributed by atoms with Gasteiger partial charge in [-0.3, -0.25) is 19.7 Å². The maximum absolute atomic E-state index is 14.5. The van der Waals surface area contributed by atoms with Crippen LogP contribution in [0, 0.1) is 22.7 Å². The Labute approximate surface area is 281 Å². The molecule has 0 saturated heterocycles. The number of aromatic hydroxyl groups is 1. The summed E-state index contributed by atoms with van der Waals surface area (Å²) in [5, 5.41) is 16.7. The van der Waals surface area contributed by atoms with Crippen molar-refractivity contribution >= 4 is 17.6 Å². The summed E-state index contributed by atoms with van der Waals surface area (Å²) in [7, 11) is 0. The maximum atomic E-state index is 14.5. The standard InChI is InChI=1S/C41H56N2O4/c1-25(2)42-26(3)33(45)23-27-10-11-28-13-16-34-38(4,31(28)22-27)18-8-20-40(34,6)36(46)43-37(47)41(7)21-9-19-39(5)32-24-30(44)15-12-29(32)14-17-35(39)41/h10-12,15,22,24-26,34-35,42,44H,8-9,13-14,16-21,23H2,1-7H3,(H,43,46,47)/t26-,34+,35+,38+,39+,40-,41-/m0/s1. The van der Waals surface area contributed by atoms with Crippen molar-refractivity contribution in [2.45, 2.75) is 142 Å². The van der Waals surface area contributed by atoms with Crippen LogP contribution in [0.3, 0.4) is 0 Å². The molecule has 6 rings (SSSR count). The number of carbonyl (C=O) groups is 3. The topological polar surface area (TPSA) is 95.5 Å². The summed E-state index contributed by atoms with van der Waals surface area (Å²) in [4.78, 5) is 41.9. The highest BCUT2D eigenvalue weighted by molar-refractivity contribution is 6.01. The molecule has 254 valence electrons. The fraction of sp³-hybridized carbons (Fsp3) is 0.634. The molecule has 6 nitrogen and oxygen atoms in total. The number of fused-ring (bicyclic) bond motifs is 6. The Bertz CT molecular complexity index is 1580. The molecule has 2 aromatic rings. The lowest BCUT2D eigenvalue weighted by Gasteiger charge is -2.56. The molecule has 4 aliphatic carbocycles. The van der Waals surface area contributed by atoms with E-state index in [9.17, 15) is 19.5 Å². The Hall–Kier alpha value is -2.99. The van der Waals surface area contributed by atoms with Crippen LogP contribution in [-0.4, -0.2) is 34.8 Å². The van der Waals surface area contributed by atoms with Crippen molar-refractivity contribution in [2.24, 2.45) is 22.7 Å². The van der Waals surface area contributed by atoms with Crippen molar-refractivity contribution in [3.63, 3.8) is 0 Å². The van der Waals surface area contributed by atoms with E-state index in [0.717, 1.165) is 69.8 Å². The van der Waals surface area contributed by atoms with E-state index in [1.165, 1.54) is 22.3 Å². The van der Waals surface area contributed by atoms with Gasteiger partial charge in [-0.25, -0.2) is 0 Å². The molecule has 47 heavy (non-hydrogen) atoms. The Morgan fingerprint density at radius 3 is 1.81 bits per heavy atom. The number of phenolic OH excluding ortho intramolecular Hbond substituents is 1. The van der Waals surface area contributed by atoms with Crippen LogP contribution in [0.1, 0.15) is 128 Å². The van der Waals surface area contributed by atoms with Gasteiger partial charge in [-0.05, 0) is 121 Å². The molecule has 6 heteroatoms. The van der Waals surface area contributed by atoms with Gasteiger partial charge in [0.2, 0.25) is 11.8 Å². The van der Waals surface area contributed by atoms with Crippen molar-refractivity contribution in [1.29, 1.82) is 0 Å². The zero-order valence-corrected chi connectivity index (χ0v) is 29.7. The normalized spacial score (nSPS) is 33.5. The number of Topliss-reactive ketones (excluding diaryl/α,β-unsaturated/α-hetero) is 1. The molecule has 3 N–H and O–H groups in total. The second-order valence-electron chi connectivity index (χ2n) is 16.9. The predicted molar refractivity (Wildman–Crippen MR) is 186 cm³/mol. The molecule has 0 unspecified atom stereocenters. The van der Waals surface area contributed by atoms with Crippen LogP contribution in [0.25, 0.3) is 0 Å². The van der Waals surface area contributed by atoms with Crippen molar-refractivity contribution in [1.82, 2.24) is 10.6 Å². The van der Waals surface area contributed by atoms with Gasteiger partial charge in [0, 0.05) is 12.5 Å². The summed E-state index contributed by atoms with van der Waals surface area (Å²) in [5.41, 5.74) is 4.33. The molecule has 0 aromatic heterocycles. The highest BCUT2D eigenvalue weighted by Gasteiger charge is 2.58. The number of imide groups is 1. The third-order valence-corrected chi connectivity index (χ3v) is 13.5. The van der Waals surface area contributed by atoms with Gasteiger partial charge >= 0.3 is 0 Å². The van der Waals surface area contributed by atoms with Gasteiger partial charge in [0.1, 0.15) is 5.75 Å². The highest BCUT2D eigenvalue weighted by Crippen LogP contribution is 2.59. The number of rotatable bonds is 7. The Morgan fingerprint density at radius 2 is 1.28 bits per heavy atom. The summed E-state index contributed by atoms with van der Waals surface area (Å²) >= 11 is 0. The summed E-state index contributed by atoms with van der Waals surface area (Å²) in [6.45, 7) is 14.8. The van der Waals surface area contributed by atoms with Crippen molar-refractivity contribution < 1.29 is 19.5 Å². The Kier molecular flexibility index (Phi) is 8.77. The predicted octanol–water partition coefficient (Wildman–Crippen LogP) is 7.25. The zero-order valence-electron chi connectivity index (χ0n) is 29.7.